The van der Waals surface area contributed by atoms with Crippen LogP contribution in [0.3, 0.4) is 0 Å². The van der Waals surface area contributed by atoms with Crippen LogP contribution in [0.25, 0.3) is 0 Å². The highest BCUT2D eigenvalue weighted by Crippen LogP contribution is 2.25. The van der Waals surface area contributed by atoms with Crippen molar-refractivity contribution in [2.24, 2.45) is 0 Å². The number of hydrogen-bond acceptors (Lipinski definition) is 2. The van der Waals surface area contributed by atoms with E-state index in [4.69, 9.17) is 10.4 Å². The van der Waals surface area contributed by atoms with Gasteiger partial charge in [0, 0.05) is 0 Å². The second-order valence-electron chi connectivity index (χ2n) is 3.01. The van der Waals surface area contributed by atoms with Crippen molar-refractivity contribution in [2.75, 3.05) is 0 Å². The minimum absolute atomic E-state index is 0.327. The Morgan fingerprint density at radius 2 is 2.15 bits per heavy atom. The van der Waals surface area contributed by atoms with Gasteiger partial charge in [-0.3, -0.25) is 0 Å². The van der Waals surface area contributed by atoms with E-state index in [1.165, 1.54) is 12.1 Å². The van der Waals surface area contributed by atoms with Gasteiger partial charge in [0.2, 0.25) is 0 Å². The normalized spacial score (nSPS) is 12.2. The van der Waals surface area contributed by atoms with Crippen LogP contribution in [0.4, 0.5) is 4.39 Å². The van der Waals surface area contributed by atoms with Gasteiger partial charge < -0.3 is 5.11 Å². The first-order valence-corrected chi connectivity index (χ1v) is 3.95. The molecule has 0 aliphatic rings. The quantitative estimate of drug-likeness (QED) is 0.719. The maximum Gasteiger partial charge on any atom is 0.165 e. The summed E-state index contributed by atoms with van der Waals surface area (Å²) in [6.45, 7) is 3.42. The fraction of sp³-hybridized carbons (Fsp3) is 0.300. The van der Waals surface area contributed by atoms with E-state index in [0.29, 0.717) is 11.1 Å². The number of aromatic hydroxyl groups is 1. The van der Waals surface area contributed by atoms with Crippen LogP contribution in [0.15, 0.2) is 12.1 Å². The highest BCUT2D eigenvalue weighted by molar-refractivity contribution is 5.39. The summed E-state index contributed by atoms with van der Waals surface area (Å²) in [5.74, 6) is -1.37. The SMILES string of the molecule is Cc1cc(F)c(O)cc1C(C)C#N. The van der Waals surface area contributed by atoms with E-state index in [9.17, 15) is 4.39 Å². The molecular formula is C10H10FNO. The number of phenols is 1. The van der Waals surface area contributed by atoms with Crippen LogP contribution in [-0.4, -0.2) is 5.11 Å². The summed E-state index contributed by atoms with van der Waals surface area (Å²) >= 11 is 0. The molecule has 0 aliphatic carbocycles. The lowest BCUT2D eigenvalue weighted by Gasteiger charge is -2.08. The lowest BCUT2D eigenvalue weighted by atomic mass is 9.97. The van der Waals surface area contributed by atoms with E-state index in [-0.39, 0.29) is 5.92 Å². The van der Waals surface area contributed by atoms with Gasteiger partial charge in [0.15, 0.2) is 11.6 Å². The van der Waals surface area contributed by atoms with Crippen LogP contribution in [0.5, 0.6) is 5.75 Å². The Kier molecular flexibility index (Phi) is 2.52. The van der Waals surface area contributed by atoms with Crippen LogP contribution in [0.2, 0.25) is 0 Å². The van der Waals surface area contributed by atoms with Crippen LogP contribution >= 0.6 is 0 Å². The molecule has 1 atom stereocenters. The third-order valence-corrected chi connectivity index (χ3v) is 2.00. The summed E-state index contributed by atoms with van der Waals surface area (Å²) in [5.41, 5.74) is 1.35. The lowest BCUT2D eigenvalue weighted by molar-refractivity contribution is 0.431. The van der Waals surface area contributed by atoms with Crippen molar-refractivity contribution in [2.45, 2.75) is 19.8 Å². The molecule has 1 rings (SSSR count). The highest BCUT2D eigenvalue weighted by atomic mass is 19.1. The average Bonchev–Trinajstić information content (AvgIpc) is 2.10. The summed E-state index contributed by atoms with van der Waals surface area (Å²) < 4.78 is 12.8. The van der Waals surface area contributed by atoms with Crippen molar-refractivity contribution in [1.82, 2.24) is 0 Å². The molecule has 0 saturated heterocycles. The van der Waals surface area contributed by atoms with E-state index >= 15 is 0 Å². The van der Waals surface area contributed by atoms with Gasteiger partial charge in [-0.15, -0.1) is 0 Å². The Balaban J connectivity index is 3.25. The van der Waals surface area contributed by atoms with E-state index in [0.717, 1.165) is 0 Å². The molecule has 3 heteroatoms. The fourth-order valence-electron chi connectivity index (χ4n) is 1.21. The third-order valence-electron chi connectivity index (χ3n) is 2.00. The number of nitriles is 1. The molecule has 0 saturated carbocycles. The molecule has 68 valence electrons. The lowest BCUT2D eigenvalue weighted by Crippen LogP contribution is -1.94. The number of phenolic OH excluding ortho intramolecular Hbond substituents is 1. The monoisotopic (exact) mass is 179 g/mol. The van der Waals surface area contributed by atoms with Crippen molar-refractivity contribution in [3.8, 4) is 11.8 Å². The maximum atomic E-state index is 12.8. The van der Waals surface area contributed by atoms with E-state index in [1.54, 1.807) is 13.8 Å². The second kappa shape index (κ2) is 3.44. The van der Waals surface area contributed by atoms with Crippen LogP contribution in [0, 0.1) is 24.1 Å². The molecule has 0 spiro atoms. The summed E-state index contributed by atoms with van der Waals surface area (Å²) in [5, 5.41) is 17.7. The summed E-state index contributed by atoms with van der Waals surface area (Å²) in [4.78, 5) is 0. The average molecular weight is 179 g/mol. The molecule has 0 radical (unpaired) electrons. The van der Waals surface area contributed by atoms with Crippen LogP contribution in [-0.2, 0) is 0 Å². The molecule has 13 heavy (non-hydrogen) atoms. The minimum Gasteiger partial charge on any atom is -0.505 e. The minimum atomic E-state index is -0.647. The van der Waals surface area contributed by atoms with Gasteiger partial charge >= 0.3 is 0 Å². The summed E-state index contributed by atoms with van der Waals surface area (Å²) in [6, 6.07) is 4.57. The number of rotatable bonds is 1. The summed E-state index contributed by atoms with van der Waals surface area (Å²) in [6.07, 6.45) is 0. The third kappa shape index (κ3) is 1.78. The molecule has 0 aromatic heterocycles. The molecule has 2 nitrogen and oxygen atoms in total. The van der Waals surface area contributed by atoms with Crippen molar-refractivity contribution >= 4 is 0 Å². The number of nitrogens with zero attached hydrogens (tertiary/aromatic N) is 1. The van der Waals surface area contributed by atoms with E-state index in [2.05, 4.69) is 0 Å². The first-order chi connectivity index (χ1) is 6.06. The van der Waals surface area contributed by atoms with E-state index < -0.39 is 11.6 Å². The Bertz CT molecular complexity index is 368. The standard InChI is InChI=1S/C10H10FNO/c1-6-3-9(11)10(13)4-8(6)7(2)5-12/h3-4,7,13H,1-2H3. The van der Waals surface area contributed by atoms with Gasteiger partial charge in [-0.05, 0) is 37.1 Å². The zero-order chi connectivity index (χ0) is 10.0. The Hall–Kier alpha value is -1.56. The zero-order valence-electron chi connectivity index (χ0n) is 7.50. The molecule has 0 aliphatic heterocycles. The smallest absolute Gasteiger partial charge is 0.165 e. The van der Waals surface area contributed by atoms with Crippen molar-refractivity contribution < 1.29 is 9.50 Å². The molecule has 0 heterocycles. The first-order valence-electron chi connectivity index (χ1n) is 3.95. The van der Waals surface area contributed by atoms with Gasteiger partial charge in [-0.1, -0.05) is 0 Å². The Morgan fingerprint density at radius 1 is 1.54 bits per heavy atom. The molecule has 1 aromatic carbocycles. The number of halogens is 1. The van der Waals surface area contributed by atoms with Crippen molar-refractivity contribution in [3.63, 3.8) is 0 Å². The largest absolute Gasteiger partial charge is 0.505 e. The fourth-order valence-corrected chi connectivity index (χ4v) is 1.21. The van der Waals surface area contributed by atoms with E-state index in [1.807, 2.05) is 6.07 Å². The van der Waals surface area contributed by atoms with Gasteiger partial charge in [-0.25, -0.2) is 4.39 Å². The van der Waals surface area contributed by atoms with Crippen molar-refractivity contribution in [3.05, 3.63) is 29.1 Å². The first kappa shape index (κ1) is 9.53. The molecule has 0 amide bonds. The molecule has 1 N–H and O–H groups in total. The highest BCUT2D eigenvalue weighted by Gasteiger charge is 2.11. The zero-order valence-corrected chi connectivity index (χ0v) is 7.50. The molecule has 1 unspecified atom stereocenters. The maximum absolute atomic E-state index is 12.8. The number of aryl methyl sites for hydroxylation is 1. The van der Waals surface area contributed by atoms with Gasteiger partial charge in [0.25, 0.3) is 0 Å². The van der Waals surface area contributed by atoms with Crippen LogP contribution in [0.1, 0.15) is 24.0 Å². The van der Waals surface area contributed by atoms with Gasteiger partial charge in [-0.2, -0.15) is 5.26 Å². The molecule has 0 bridgehead atoms. The Morgan fingerprint density at radius 3 is 2.69 bits per heavy atom. The Labute approximate surface area is 76.2 Å². The second-order valence-corrected chi connectivity index (χ2v) is 3.01. The topological polar surface area (TPSA) is 44.0 Å². The van der Waals surface area contributed by atoms with Crippen molar-refractivity contribution in [1.29, 1.82) is 5.26 Å². The predicted molar refractivity (Wildman–Crippen MR) is 46.8 cm³/mol. The predicted octanol–water partition coefficient (Wildman–Crippen LogP) is 2.47. The molecular weight excluding hydrogens is 169 g/mol. The summed E-state index contributed by atoms with van der Waals surface area (Å²) in [7, 11) is 0. The van der Waals surface area contributed by atoms with Gasteiger partial charge in [0.1, 0.15) is 0 Å². The van der Waals surface area contributed by atoms with Gasteiger partial charge in [0.05, 0.1) is 12.0 Å². The number of benzene rings is 1. The molecule has 1 aromatic rings. The molecule has 0 fully saturated rings. The number of hydrogen-bond donors (Lipinski definition) is 1. The van der Waals surface area contributed by atoms with Crippen LogP contribution < -0.4 is 0 Å².